The van der Waals surface area contributed by atoms with Crippen LogP contribution in [-0.2, 0) is 11.2 Å². The molecule has 0 saturated heterocycles. The number of benzene rings is 1. The molecule has 0 amide bonds. The van der Waals surface area contributed by atoms with Crippen LogP contribution >= 0.6 is 11.6 Å². The second kappa shape index (κ2) is 5.10. The Morgan fingerprint density at radius 1 is 1.33 bits per heavy atom. The molecular formula is C15H12ClN3O2. The molecule has 3 aromatic rings. The summed E-state index contributed by atoms with van der Waals surface area (Å²) >= 11 is 5.99. The Morgan fingerprint density at radius 2 is 2.14 bits per heavy atom. The summed E-state index contributed by atoms with van der Waals surface area (Å²) in [6.45, 7) is 0. The van der Waals surface area contributed by atoms with E-state index in [9.17, 15) is 4.79 Å². The van der Waals surface area contributed by atoms with Gasteiger partial charge >= 0.3 is 5.97 Å². The summed E-state index contributed by atoms with van der Waals surface area (Å²) in [7, 11) is 0. The molecule has 3 N–H and O–H groups in total. The topological polar surface area (TPSA) is 80.6 Å². The molecule has 21 heavy (non-hydrogen) atoms. The van der Waals surface area contributed by atoms with Crippen LogP contribution in [0.1, 0.15) is 5.69 Å². The molecule has 5 nitrogen and oxygen atoms in total. The van der Waals surface area contributed by atoms with Crippen molar-refractivity contribution in [2.24, 2.45) is 0 Å². The van der Waals surface area contributed by atoms with E-state index >= 15 is 0 Å². The molecule has 2 aromatic heterocycles. The highest BCUT2D eigenvalue weighted by atomic mass is 35.5. The van der Waals surface area contributed by atoms with Gasteiger partial charge in [0.15, 0.2) is 0 Å². The molecule has 0 atom stereocenters. The van der Waals surface area contributed by atoms with Crippen molar-refractivity contribution in [1.29, 1.82) is 0 Å². The maximum absolute atomic E-state index is 11.1. The highest BCUT2D eigenvalue weighted by molar-refractivity contribution is 6.30. The average Bonchev–Trinajstić information content (AvgIpc) is 2.76. The number of carboxylic acid groups (broad SMARTS) is 1. The largest absolute Gasteiger partial charge is 0.481 e. The van der Waals surface area contributed by atoms with Crippen molar-refractivity contribution in [3.63, 3.8) is 0 Å². The molecule has 0 aliphatic carbocycles. The number of rotatable bonds is 3. The number of hydrogen-bond donors (Lipinski definition) is 2. The molecule has 106 valence electrons. The molecule has 0 aliphatic rings. The monoisotopic (exact) mass is 301 g/mol. The van der Waals surface area contributed by atoms with Gasteiger partial charge in [-0.05, 0) is 24.3 Å². The summed E-state index contributed by atoms with van der Waals surface area (Å²) in [5.74, 6) is -0.929. The van der Waals surface area contributed by atoms with Crippen molar-refractivity contribution < 1.29 is 9.90 Å². The Kier molecular flexibility index (Phi) is 3.27. The Balaban J connectivity index is 2.28. The van der Waals surface area contributed by atoms with Crippen LogP contribution < -0.4 is 5.73 Å². The quantitative estimate of drug-likeness (QED) is 0.729. The van der Waals surface area contributed by atoms with Crippen molar-refractivity contribution in [2.75, 3.05) is 5.73 Å². The van der Waals surface area contributed by atoms with Crippen LogP contribution in [0.5, 0.6) is 0 Å². The van der Waals surface area contributed by atoms with Gasteiger partial charge in [0, 0.05) is 17.4 Å². The first-order valence-electron chi connectivity index (χ1n) is 6.29. The maximum atomic E-state index is 11.1. The molecule has 0 saturated carbocycles. The molecule has 0 fully saturated rings. The van der Waals surface area contributed by atoms with Gasteiger partial charge in [-0.1, -0.05) is 23.7 Å². The van der Waals surface area contributed by atoms with Crippen molar-refractivity contribution in [3.05, 3.63) is 53.3 Å². The smallest absolute Gasteiger partial charge is 0.309 e. The van der Waals surface area contributed by atoms with Crippen LogP contribution in [-0.4, -0.2) is 20.5 Å². The number of pyridine rings is 1. The highest BCUT2D eigenvalue weighted by Crippen LogP contribution is 2.27. The summed E-state index contributed by atoms with van der Waals surface area (Å²) in [4.78, 5) is 15.7. The van der Waals surface area contributed by atoms with Gasteiger partial charge in [0.05, 0.1) is 22.8 Å². The van der Waals surface area contributed by atoms with E-state index in [2.05, 4.69) is 4.98 Å². The zero-order valence-corrected chi connectivity index (χ0v) is 11.7. The lowest BCUT2D eigenvalue weighted by atomic mass is 10.1. The molecule has 0 unspecified atom stereocenters. The molecule has 0 spiro atoms. The lowest BCUT2D eigenvalue weighted by molar-refractivity contribution is -0.136. The Morgan fingerprint density at radius 3 is 2.86 bits per heavy atom. The number of imidazole rings is 1. The van der Waals surface area contributed by atoms with Gasteiger partial charge < -0.3 is 15.2 Å². The van der Waals surface area contributed by atoms with E-state index in [1.165, 1.54) is 0 Å². The number of aliphatic carboxylic acids is 1. The first-order chi connectivity index (χ1) is 10.0. The predicted molar refractivity (Wildman–Crippen MR) is 81.4 cm³/mol. The van der Waals surface area contributed by atoms with Gasteiger partial charge in [0.2, 0.25) is 0 Å². The molecule has 3 rings (SSSR count). The number of halogens is 1. The highest BCUT2D eigenvalue weighted by Gasteiger charge is 2.17. The summed E-state index contributed by atoms with van der Waals surface area (Å²) in [5, 5.41) is 9.66. The van der Waals surface area contributed by atoms with Crippen LogP contribution in [0.4, 0.5) is 5.69 Å². The third-order valence-electron chi connectivity index (χ3n) is 3.16. The van der Waals surface area contributed by atoms with E-state index in [0.29, 0.717) is 27.7 Å². The van der Waals surface area contributed by atoms with Crippen LogP contribution in [0.2, 0.25) is 5.02 Å². The second-order valence-corrected chi connectivity index (χ2v) is 5.12. The molecule has 2 heterocycles. The minimum Gasteiger partial charge on any atom is -0.481 e. The normalized spacial score (nSPS) is 10.9. The van der Waals surface area contributed by atoms with E-state index in [-0.39, 0.29) is 6.42 Å². The lowest BCUT2D eigenvalue weighted by Crippen LogP contribution is -2.04. The van der Waals surface area contributed by atoms with Gasteiger partial charge in [0.25, 0.3) is 0 Å². The van der Waals surface area contributed by atoms with Crippen molar-refractivity contribution in [2.45, 2.75) is 6.42 Å². The van der Waals surface area contributed by atoms with Gasteiger partial charge in [-0.15, -0.1) is 0 Å². The number of hydrogen-bond acceptors (Lipinski definition) is 3. The first-order valence-corrected chi connectivity index (χ1v) is 6.66. The summed E-state index contributed by atoms with van der Waals surface area (Å²) in [6, 6.07) is 10.7. The van der Waals surface area contributed by atoms with E-state index in [1.807, 2.05) is 12.1 Å². The molecule has 0 radical (unpaired) electrons. The number of anilines is 1. The molecule has 1 aromatic carbocycles. The standard InChI is InChI=1S/C15H12ClN3O2/c16-10-4-5-13-18-15(9-2-1-3-11(17)6-9)12(7-14(20)21)19(13)8-10/h1-6,8H,7,17H2,(H,20,21). The number of nitrogen functional groups attached to an aromatic ring is 1. The van der Waals surface area contributed by atoms with Gasteiger partial charge in [-0.3, -0.25) is 4.79 Å². The van der Waals surface area contributed by atoms with Crippen molar-refractivity contribution >= 4 is 28.9 Å². The van der Waals surface area contributed by atoms with E-state index in [4.69, 9.17) is 22.4 Å². The number of nitrogens with zero attached hydrogens (tertiary/aromatic N) is 2. The third kappa shape index (κ3) is 2.55. The SMILES string of the molecule is Nc1cccc(-c2nc3ccc(Cl)cn3c2CC(=O)O)c1. The van der Waals surface area contributed by atoms with Gasteiger partial charge in [0.1, 0.15) is 5.65 Å². The molecule has 0 bridgehead atoms. The minimum absolute atomic E-state index is 0.147. The van der Waals surface area contributed by atoms with Crippen molar-refractivity contribution in [3.8, 4) is 11.3 Å². The molecule has 0 aliphatic heterocycles. The maximum Gasteiger partial charge on any atom is 0.309 e. The van der Waals surface area contributed by atoms with Crippen molar-refractivity contribution in [1.82, 2.24) is 9.38 Å². The van der Waals surface area contributed by atoms with E-state index in [0.717, 1.165) is 5.56 Å². The third-order valence-corrected chi connectivity index (χ3v) is 3.38. The lowest BCUT2D eigenvalue weighted by Gasteiger charge is -2.04. The molecule has 6 heteroatoms. The fourth-order valence-corrected chi connectivity index (χ4v) is 2.46. The Labute approximate surface area is 125 Å². The van der Waals surface area contributed by atoms with E-state index < -0.39 is 5.97 Å². The van der Waals surface area contributed by atoms with Crippen LogP contribution in [0.3, 0.4) is 0 Å². The van der Waals surface area contributed by atoms with E-state index in [1.54, 1.807) is 34.9 Å². The summed E-state index contributed by atoms with van der Waals surface area (Å²) in [5.41, 5.74) is 9.00. The van der Waals surface area contributed by atoms with Crippen LogP contribution in [0.15, 0.2) is 42.6 Å². The number of carbonyl (C=O) groups is 1. The number of nitrogens with two attached hydrogens (primary N) is 1. The van der Waals surface area contributed by atoms with Gasteiger partial charge in [-0.2, -0.15) is 0 Å². The summed E-state index contributed by atoms with van der Waals surface area (Å²) in [6.07, 6.45) is 1.52. The van der Waals surface area contributed by atoms with Crippen LogP contribution in [0.25, 0.3) is 16.9 Å². The zero-order valence-electron chi connectivity index (χ0n) is 11.0. The minimum atomic E-state index is -0.929. The summed E-state index contributed by atoms with van der Waals surface area (Å²) < 4.78 is 1.70. The Hall–Kier alpha value is -2.53. The van der Waals surface area contributed by atoms with Gasteiger partial charge in [-0.25, -0.2) is 4.98 Å². The fourth-order valence-electron chi connectivity index (χ4n) is 2.30. The van der Waals surface area contributed by atoms with Crippen LogP contribution in [0, 0.1) is 0 Å². The average molecular weight is 302 g/mol. The Bertz CT molecular complexity index is 842. The number of aromatic nitrogens is 2. The predicted octanol–water partition coefficient (Wildman–Crippen LogP) is 2.86. The molecular weight excluding hydrogens is 290 g/mol. The number of carboxylic acids is 1. The number of fused-ring (bicyclic) bond motifs is 1. The second-order valence-electron chi connectivity index (χ2n) is 4.68. The fraction of sp³-hybridized carbons (Fsp3) is 0.0667. The first kappa shape index (κ1) is 13.5. The zero-order chi connectivity index (χ0) is 15.0.